The van der Waals surface area contributed by atoms with Crippen LogP contribution in [0.25, 0.3) is 0 Å². The first-order chi connectivity index (χ1) is 9.66. The van der Waals surface area contributed by atoms with Crippen LogP contribution in [0.15, 0.2) is 18.3 Å². The summed E-state index contributed by atoms with van der Waals surface area (Å²) in [6.45, 7) is -6.95. The lowest BCUT2D eigenvalue weighted by Crippen LogP contribution is -2.30. The van der Waals surface area contributed by atoms with Gasteiger partial charge in [0.1, 0.15) is 0 Å². The van der Waals surface area contributed by atoms with Crippen LogP contribution in [-0.4, -0.2) is 22.2 Å². The minimum atomic E-state index is -3.49. The van der Waals surface area contributed by atoms with Crippen LogP contribution in [0.1, 0.15) is 31.7 Å². The van der Waals surface area contributed by atoms with Crippen LogP contribution in [0, 0.1) is 5.89 Å². The van der Waals surface area contributed by atoms with E-state index in [1.807, 2.05) is 0 Å². The molecule has 1 heterocycles. The molecule has 0 aliphatic rings. The summed E-state index contributed by atoms with van der Waals surface area (Å²) in [5.41, 5.74) is -0.882. The molecular weight excluding hydrogens is 165 g/mol. The van der Waals surface area contributed by atoms with Crippen molar-refractivity contribution in [2.45, 2.75) is 20.1 Å². The Morgan fingerprint density at radius 2 is 2.54 bits per heavy atom. The van der Waals surface area contributed by atoms with Gasteiger partial charge in [-0.25, -0.2) is 0 Å². The topological polar surface area (TPSA) is 53.4 Å². The molecule has 0 bridgehead atoms. The van der Waals surface area contributed by atoms with Gasteiger partial charge in [0, 0.05) is 24.2 Å². The van der Waals surface area contributed by atoms with Crippen molar-refractivity contribution in [1.29, 1.82) is 0 Å². The van der Waals surface area contributed by atoms with Crippen molar-refractivity contribution in [1.82, 2.24) is 4.98 Å². The summed E-state index contributed by atoms with van der Waals surface area (Å²) in [6, 6.07) is 1.96. The standard InChI is InChI=1S/C9H14BNO2/c1-7(2)5-9-6-8(10(12)13)3-4-11-9/h3-4,6-7,12-13H,5H2,1-2H3/i1D3,2D3,5D2,7D. The first-order valence-electron chi connectivity index (χ1n) is 7.99. The average Bonchev–Trinajstić information content (AvgIpc) is 2.35. The zero-order valence-electron chi connectivity index (χ0n) is 15.7. The molecule has 4 heteroatoms. The highest BCUT2D eigenvalue weighted by Crippen LogP contribution is 2.02. The predicted molar refractivity (Wildman–Crippen MR) is 52.6 cm³/mol. The number of nitrogens with zero attached hydrogens (tertiary/aromatic N) is 1. The zero-order valence-corrected chi connectivity index (χ0v) is 6.65. The van der Waals surface area contributed by atoms with Crippen LogP contribution in [-0.2, 0) is 6.37 Å². The maximum atomic E-state index is 9.07. The van der Waals surface area contributed by atoms with Gasteiger partial charge >= 0.3 is 7.12 Å². The highest BCUT2D eigenvalue weighted by Gasteiger charge is 2.11. The molecule has 13 heavy (non-hydrogen) atoms. The van der Waals surface area contributed by atoms with Crippen LogP contribution < -0.4 is 5.46 Å². The maximum Gasteiger partial charge on any atom is 0.488 e. The normalized spacial score (nSPS) is 24.6. The third-order valence-corrected chi connectivity index (χ3v) is 1.34. The molecule has 0 amide bonds. The van der Waals surface area contributed by atoms with Gasteiger partial charge in [-0.05, 0) is 29.9 Å². The van der Waals surface area contributed by atoms with Gasteiger partial charge in [0.25, 0.3) is 0 Å². The molecule has 0 radical (unpaired) electrons. The van der Waals surface area contributed by atoms with Crippen molar-refractivity contribution >= 4 is 12.6 Å². The number of hydrogen-bond acceptors (Lipinski definition) is 3. The quantitative estimate of drug-likeness (QED) is 0.654. The molecule has 3 nitrogen and oxygen atoms in total. The van der Waals surface area contributed by atoms with E-state index < -0.39 is 38.8 Å². The van der Waals surface area contributed by atoms with E-state index in [0.717, 1.165) is 18.3 Å². The lowest BCUT2D eigenvalue weighted by atomic mass is 9.80. The Bertz CT molecular complexity index is 529. The lowest BCUT2D eigenvalue weighted by Gasteiger charge is -2.05. The molecule has 0 atom stereocenters. The molecule has 70 valence electrons. The van der Waals surface area contributed by atoms with E-state index in [9.17, 15) is 0 Å². The van der Waals surface area contributed by atoms with Gasteiger partial charge < -0.3 is 10.0 Å². The van der Waals surface area contributed by atoms with E-state index in [1.54, 1.807) is 0 Å². The number of aromatic nitrogens is 1. The van der Waals surface area contributed by atoms with Crippen LogP contribution in [0.3, 0.4) is 0 Å². The molecule has 0 aliphatic heterocycles. The maximum absolute atomic E-state index is 9.07. The summed E-state index contributed by atoms with van der Waals surface area (Å²) >= 11 is 0. The van der Waals surface area contributed by atoms with Gasteiger partial charge in [-0.2, -0.15) is 0 Å². The van der Waals surface area contributed by atoms with Crippen LogP contribution in [0.2, 0.25) is 0 Å². The smallest absolute Gasteiger partial charge is 0.423 e. The van der Waals surface area contributed by atoms with Gasteiger partial charge in [-0.1, -0.05) is 13.7 Å². The van der Waals surface area contributed by atoms with Gasteiger partial charge in [0.05, 0.1) is 0 Å². The Labute approximate surface area is 91.2 Å². The second kappa shape index (κ2) is 4.39. The van der Waals surface area contributed by atoms with Gasteiger partial charge in [0.15, 0.2) is 0 Å². The average molecular weight is 188 g/mol. The fraction of sp³-hybridized carbons (Fsp3) is 0.444. The zero-order chi connectivity index (χ0) is 17.6. The van der Waals surface area contributed by atoms with Crippen LogP contribution in [0.5, 0.6) is 0 Å². The molecule has 2 N–H and O–H groups in total. The molecule has 0 aromatic carbocycles. The first kappa shape index (κ1) is 3.37. The van der Waals surface area contributed by atoms with Gasteiger partial charge in [-0.15, -0.1) is 0 Å². The summed E-state index contributed by atoms with van der Waals surface area (Å²) in [7, 11) is -1.97. The van der Waals surface area contributed by atoms with Crippen LogP contribution in [0.4, 0.5) is 0 Å². The monoisotopic (exact) mass is 188 g/mol. The predicted octanol–water partition coefficient (Wildman–Crippen LogP) is -0.0401. The SMILES string of the molecule is [2H]C([2H])([2H])C([2H])(C([2H])([2H])[2H])C([2H])([2H])c1cc(B(O)O)ccn1. The summed E-state index contributed by atoms with van der Waals surface area (Å²) in [5, 5.41) is 18.1. The largest absolute Gasteiger partial charge is 0.488 e. The third kappa shape index (κ3) is 3.16. The number of rotatable bonds is 3. The van der Waals surface area contributed by atoms with Crippen molar-refractivity contribution < 1.29 is 22.4 Å². The second-order valence-corrected chi connectivity index (χ2v) is 2.35. The van der Waals surface area contributed by atoms with E-state index in [4.69, 9.17) is 22.4 Å². The van der Waals surface area contributed by atoms with Gasteiger partial charge in [0.2, 0.25) is 0 Å². The van der Waals surface area contributed by atoms with E-state index >= 15 is 0 Å². The Balaban J connectivity index is 3.57. The molecule has 1 aromatic heterocycles. The summed E-state index contributed by atoms with van der Waals surface area (Å²) in [5.74, 6) is -3.49. The number of pyridine rings is 1. The molecule has 0 unspecified atom stereocenters. The van der Waals surface area contributed by atoms with E-state index in [2.05, 4.69) is 4.98 Å². The van der Waals surface area contributed by atoms with Crippen molar-refractivity contribution in [2.24, 2.45) is 5.89 Å². The highest BCUT2D eigenvalue weighted by molar-refractivity contribution is 6.58. The third-order valence-electron chi connectivity index (χ3n) is 1.34. The fourth-order valence-corrected chi connectivity index (χ4v) is 0.804. The second-order valence-electron chi connectivity index (χ2n) is 2.35. The Kier molecular flexibility index (Phi) is 1.14. The van der Waals surface area contributed by atoms with Gasteiger partial charge in [-0.3, -0.25) is 4.98 Å². The van der Waals surface area contributed by atoms with Crippen LogP contribution >= 0.6 is 0 Å². The van der Waals surface area contributed by atoms with E-state index in [1.165, 1.54) is 0 Å². The summed E-state index contributed by atoms with van der Waals surface area (Å²) in [6.07, 6.45) is -2.23. The Morgan fingerprint density at radius 1 is 1.77 bits per heavy atom. The van der Waals surface area contributed by atoms with E-state index in [0.29, 0.717) is 0 Å². The minimum absolute atomic E-state index is 0.202. The summed E-state index contributed by atoms with van der Waals surface area (Å²) in [4.78, 5) is 3.57. The molecule has 0 spiro atoms. The molecule has 0 fully saturated rings. The van der Waals surface area contributed by atoms with Crippen molar-refractivity contribution in [3.8, 4) is 0 Å². The Hall–Kier alpha value is -0.865. The fourth-order valence-electron chi connectivity index (χ4n) is 0.804. The van der Waals surface area contributed by atoms with Crippen molar-refractivity contribution in [2.75, 3.05) is 0 Å². The van der Waals surface area contributed by atoms with Crippen molar-refractivity contribution in [3.05, 3.63) is 24.0 Å². The van der Waals surface area contributed by atoms with Crippen molar-refractivity contribution in [3.63, 3.8) is 0 Å². The first-order valence-corrected chi connectivity index (χ1v) is 3.49. The molecule has 0 aliphatic carbocycles. The molecule has 1 rings (SSSR count). The minimum Gasteiger partial charge on any atom is -0.423 e. The molecular formula is C9H14BNO2. The highest BCUT2D eigenvalue weighted by atomic mass is 16.4. The number of hydrogen-bond donors (Lipinski definition) is 2. The molecule has 0 saturated heterocycles. The summed E-state index contributed by atoms with van der Waals surface area (Å²) < 4.78 is 67.5. The molecule has 1 aromatic rings. The lowest BCUT2D eigenvalue weighted by molar-refractivity contribution is 0.425. The molecule has 0 saturated carbocycles. The Morgan fingerprint density at radius 3 is 3.15 bits per heavy atom. The van der Waals surface area contributed by atoms with E-state index in [-0.39, 0.29) is 5.46 Å².